The normalized spacial score (nSPS) is 9.77. The van der Waals surface area contributed by atoms with Crippen molar-refractivity contribution in [1.82, 2.24) is 4.98 Å². The minimum atomic E-state index is 0.383. The lowest BCUT2D eigenvalue weighted by Crippen LogP contribution is -1.81. The average Bonchev–Trinajstić information content (AvgIpc) is 2.19. The van der Waals surface area contributed by atoms with Gasteiger partial charge in [0.25, 0.3) is 0 Å². The zero-order chi connectivity index (χ0) is 9.52. The van der Waals surface area contributed by atoms with Crippen molar-refractivity contribution in [1.29, 1.82) is 5.26 Å². The largest absolute Gasteiger partial charge is 0.303 e. The molecular weight excluding hydrogens is 164 g/mol. The molecule has 1 aromatic rings. The predicted octanol–water partition coefficient (Wildman–Crippen LogP) is 1.56. The highest BCUT2D eigenvalue weighted by atomic mass is 16.1. The number of aromatic nitrogens is 1. The summed E-state index contributed by atoms with van der Waals surface area (Å²) in [6.07, 6.45) is 6.31. The standard InChI is InChI=1S/C10H8N2O/c11-8-10-7-9(4-5-12-10)3-1-2-6-13/h1,3-7H,2H2. The summed E-state index contributed by atoms with van der Waals surface area (Å²) in [5, 5.41) is 8.54. The molecule has 0 aliphatic carbocycles. The van der Waals surface area contributed by atoms with Gasteiger partial charge in [0, 0.05) is 12.6 Å². The molecule has 0 N–H and O–H groups in total. The van der Waals surface area contributed by atoms with Crippen LogP contribution in [0.5, 0.6) is 0 Å². The Morgan fingerprint density at radius 1 is 1.62 bits per heavy atom. The van der Waals surface area contributed by atoms with Gasteiger partial charge in [0.15, 0.2) is 0 Å². The van der Waals surface area contributed by atoms with Gasteiger partial charge in [-0.3, -0.25) is 0 Å². The first-order valence-corrected chi connectivity index (χ1v) is 3.83. The van der Waals surface area contributed by atoms with E-state index in [1.54, 1.807) is 30.5 Å². The SMILES string of the molecule is N#Cc1cc(C=CCC=O)ccn1. The topological polar surface area (TPSA) is 53.8 Å². The summed E-state index contributed by atoms with van der Waals surface area (Å²) in [5.41, 5.74) is 1.27. The van der Waals surface area contributed by atoms with E-state index in [-0.39, 0.29) is 0 Å². The van der Waals surface area contributed by atoms with Gasteiger partial charge in [-0.05, 0) is 17.7 Å². The third kappa shape index (κ3) is 2.88. The Morgan fingerprint density at radius 3 is 3.15 bits per heavy atom. The number of nitriles is 1. The fourth-order valence-corrected chi connectivity index (χ4v) is 0.871. The van der Waals surface area contributed by atoms with Gasteiger partial charge in [0.2, 0.25) is 0 Å². The molecule has 0 atom stereocenters. The Kier molecular flexibility index (Phi) is 3.40. The molecule has 64 valence electrons. The Hall–Kier alpha value is -1.95. The third-order valence-corrected chi connectivity index (χ3v) is 1.44. The first-order chi connectivity index (χ1) is 6.36. The minimum Gasteiger partial charge on any atom is -0.303 e. The number of pyridine rings is 1. The summed E-state index contributed by atoms with van der Waals surface area (Å²) in [7, 11) is 0. The monoisotopic (exact) mass is 172 g/mol. The second kappa shape index (κ2) is 4.83. The second-order valence-corrected chi connectivity index (χ2v) is 2.39. The lowest BCUT2D eigenvalue weighted by molar-refractivity contribution is -0.107. The van der Waals surface area contributed by atoms with E-state index < -0.39 is 0 Å². The van der Waals surface area contributed by atoms with Crippen LogP contribution < -0.4 is 0 Å². The fraction of sp³-hybridized carbons (Fsp3) is 0.100. The first-order valence-electron chi connectivity index (χ1n) is 3.83. The number of allylic oxidation sites excluding steroid dienone is 1. The van der Waals surface area contributed by atoms with E-state index in [0.29, 0.717) is 12.1 Å². The molecule has 0 amide bonds. The number of carbonyl (C=O) groups excluding carboxylic acids is 1. The lowest BCUT2D eigenvalue weighted by atomic mass is 10.2. The average molecular weight is 172 g/mol. The summed E-state index contributed by atoms with van der Waals surface area (Å²) in [4.78, 5) is 13.8. The Morgan fingerprint density at radius 2 is 2.46 bits per heavy atom. The van der Waals surface area contributed by atoms with Gasteiger partial charge < -0.3 is 4.79 Å². The van der Waals surface area contributed by atoms with E-state index in [2.05, 4.69) is 4.98 Å². The predicted molar refractivity (Wildman–Crippen MR) is 48.7 cm³/mol. The Labute approximate surface area is 76.3 Å². The number of rotatable bonds is 3. The summed E-state index contributed by atoms with van der Waals surface area (Å²) >= 11 is 0. The maximum absolute atomic E-state index is 10.0. The van der Waals surface area contributed by atoms with Gasteiger partial charge in [-0.2, -0.15) is 5.26 Å². The van der Waals surface area contributed by atoms with Crippen molar-refractivity contribution in [2.45, 2.75) is 6.42 Å². The summed E-state index contributed by atoms with van der Waals surface area (Å²) in [6.45, 7) is 0. The third-order valence-electron chi connectivity index (χ3n) is 1.44. The van der Waals surface area contributed by atoms with Crippen molar-refractivity contribution in [2.24, 2.45) is 0 Å². The minimum absolute atomic E-state index is 0.383. The number of nitrogens with zero attached hydrogens (tertiary/aromatic N) is 2. The van der Waals surface area contributed by atoms with Crippen LogP contribution in [0.3, 0.4) is 0 Å². The maximum Gasteiger partial charge on any atom is 0.141 e. The number of hydrogen-bond donors (Lipinski definition) is 0. The first kappa shape index (κ1) is 9.14. The molecule has 3 heteroatoms. The number of hydrogen-bond acceptors (Lipinski definition) is 3. The second-order valence-electron chi connectivity index (χ2n) is 2.39. The highest BCUT2D eigenvalue weighted by Gasteiger charge is 1.91. The van der Waals surface area contributed by atoms with Crippen LogP contribution in [0.15, 0.2) is 24.4 Å². The van der Waals surface area contributed by atoms with Crippen molar-refractivity contribution in [3.8, 4) is 6.07 Å². The fourth-order valence-electron chi connectivity index (χ4n) is 0.871. The van der Waals surface area contributed by atoms with Gasteiger partial charge in [0.05, 0.1) is 0 Å². The van der Waals surface area contributed by atoms with E-state index in [1.807, 2.05) is 6.07 Å². The smallest absolute Gasteiger partial charge is 0.141 e. The van der Waals surface area contributed by atoms with Gasteiger partial charge >= 0.3 is 0 Å². The highest BCUT2D eigenvalue weighted by molar-refractivity contribution is 5.58. The van der Waals surface area contributed by atoms with E-state index >= 15 is 0 Å². The molecule has 0 unspecified atom stereocenters. The van der Waals surface area contributed by atoms with Crippen molar-refractivity contribution < 1.29 is 4.79 Å². The molecule has 1 rings (SSSR count). The Balaban J connectivity index is 2.78. The highest BCUT2D eigenvalue weighted by Crippen LogP contribution is 2.03. The zero-order valence-electron chi connectivity index (χ0n) is 6.97. The van der Waals surface area contributed by atoms with Crippen LogP contribution in [-0.4, -0.2) is 11.3 Å². The van der Waals surface area contributed by atoms with Crippen molar-refractivity contribution in [2.75, 3.05) is 0 Å². The quantitative estimate of drug-likeness (QED) is 0.650. The van der Waals surface area contributed by atoms with Crippen molar-refractivity contribution in [3.05, 3.63) is 35.7 Å². The van der Waals surface area contributed by atoms with E-state index in [0.717, 1.165) is 11.8 Å². The van der Waals surface area contributed by atoms with Gasteiger partial charge in [-0.1, -0.05) is 12.2 Å². The van der Waals surface area contributed by atoms with Crippen molar-refractivity contribution >= 4 is 12.4 Å². The lowest BCUT2D eigenvalue weighted by Gasteiger charge is -1.91. The summed E-state index contributed by atoms with van der Waals surface area (Å²) in [6, 6.07) is 5.39. The number of carbonyl (C=O) groups is 1. The summed E-state index contributed by atoms with van der Waals surface area (Å²) < 4.78 is 0. The van der Waals surface area contributed by atoms with Crippen LogP contribution in [-0.2, 0) is 4.79 Å². The molecule has 3 nitrogen and oxygen atoms in total. The molecule has 0 aliphatic rings. The Bertz CT molecular complexity index is 363. The molecule has 0 aliphatic heterocycles. The van der Waals surface area contributed by atoms with Crippen LogP contribution in [0.2, 0.25) is 0 Å². The van der Waals surface area contributed by atoms with Crippen LogP contribution in [0.25, 0.3) is 6.08 Å². The molecule has 0 fully saturated rings. The van der Waals surface area contributed by atoms with Crippen LogP contribution in [0.4, 0.5) is 0 Å². The van der Waals surface area contributed by atoms with Crippen LogP contribution in [0, 0.1) is 11.3 Å². The molecular formula is C10H8N2O. The molecule has 0 aromatic carbocycles. The van der Waals surface area contributed by atoms with Crippen LogP contribution >= 0.6 is 0 Å². The van der Waals surface area contributed by atoms with Crippen molar-refractivity contribution in [3.63, 3.8) is 0 Å². The molecule has 0 spiro atoms. The molecule has 0 radical (unpaired) electrons. The molecule has 13 heavy (non-hydrogen) atoms. The van der Waals surface area contributed by atoms with E-state index in [4.69, 9.17) is 5.26 Å². The van der Waals surface area contributed by atoms with E-state index in [9.17, 15) is 4.79 Å². The molecule has 0 saturated heterocycles. The molecule has 1 heterocycles. The van der Waals surface area contributed by atoms with Gasteiger partial charge in [-0.25, -0.2) is 4.98 Å². The molecule has 1 aromatic heterocycles. The van der Waals surface area contributed by atoms with Gasteiger partial charge in [0.1, 0.15) is 18.0 Å². The van der Waals surface area contributed by atoms with Gasteiger partial charge in [-0.15, -0.1) is 0 Å². The maximum atomic E-state index is 10.0. The molecule has 0 saturated carbocycles. The number of aldehydes is 1. The van der Waals surface area contributed by atoms with E-state index in [1.165, 1.54) is 0 Å². The summed E-state index contributed by atoms with van der Waals surface area (Å²) in [5.74, 6) is 0. The molecule has 0 bridgehead atoms. The van der Waals surface area contributed by atoms with Crippen LogP contribution in [0.1, 0.15) is 17.7 Å². The zero-order valence-corrected chi connectivity index (χ0v) is 6.97.